The third-order valence-electron chi connectivity index (χ3n) is 3.47. The second-order valence-electron chi connectivity index (χ2n) is 5.21. The normalized spacial score (nSPS) is 19.6. The Labute approximate surface area is 148 Å². The van der Waals surface area contributed by atoms with E-state index in [9.17, 15) is 18.4 Å². The molecule has 0 aliphatic carbocycles. The Morgan fingerprint density at radius 2 is 2.08 bits per heavy atom. The lowest BCUT2D eigenvalue weighted by molar-refractivity contribution is -0.132. The number of amides is 3. The molecule has 0 saturated carbocycles. The van der Waals surface area contributed by atoms with Gasteiger partial charge < -0.3 is 15.4 Å². The van der Waals surface area contributed by atoms with Gasteiger partial charge in [0, 0.05) is 6.54 Å². The summed E-state index contributed by atoms with van der Waals surface area (Å²) in [5.41, 5.74) is 1.53. The Hall–Kier alpha value is -2.75. The maximum atomic E-state index is 12.6. The van der Waals surface area contributed by atoms with Gasteiger partial charge >= 0.3 is 12.6 Å². The van der Waals surface area contributed by atoms with Gasteiger partial charge in [-0.2, -0.15) is 13.8 Å². The molecule has 1 heterocycles. The number of ether oxygens (including phenoxy) is 1. The van der Waals surface area contributed by atoms with Crippen molar-refractivity contribution in [3.05, 3.63) is 42.5 Å². The number of nitrogens with zero attached hydrogens (tertiary/aromatic N) is 1. The Morgan fingerprint density at radius 3 is 2.64 bits per heavy atom. The van der Waals surface area contributed by atoms with Gasteiger partial charge in [0.1, 0.15) is 11.3 Å². The van der Waals surface area contributed by atoms with E-state index in [1.54, 1.807) is 6.08 Å². The van der Waals surface area contributed by atoms with Gasteiger partial charge in [0.15, 0.2) is 5.11 Å². The molecule has 7 nitrogen and oxygen atoms in total. The van der Waals surface area contributed by atoms with E-state index in [2.05, 4.69) is 27.4 Å². The molecular formula is C15H16F2N4O3S. The SMILES string of the molecule is C=CCNC(=S)NN1C(=O)N[C@@](C)(c2ccc(OC(F)F)cc2)C1=O. The van der Waals surface area contributed by atoms with Crippen molar-refractivity contribution in [1.82, 2.24) is 21.1 Å². The van der Waals surface area contributed by atoms with Crippen LogP contribution in [-0.2, 0) is 10.3 Å². The fraction of sp³-hybridized carbons (Fsp3) is 0.267. The van der Waals surface area contributed by atoms with Crippen molar-refractivity contribution in [1.29, 1.82) is 0 Å². The summed E-state index contributed by atoms with van der Waals surface area (Å²) in [6, 6.07) is 4.74. The summed E-state index contributed by atoms with van der Waals surface area (Å²) in [6.45, 7) is 2.43. The molecule has 1 fully saturated rings. The van der Waals surface area contributed by atoms with Crippen molar-refractivity contribution >= 4 is 29.3 Å². The molecule has 2 rings (SSSR count). The van der Waals surface area contributed by atoms with Crippen molar-refractivity contribution in [2.75, 3.05) is 6.54 Å². The molecule has 3 N–H and O–H groups in total. The largest absolute Gasteiger partial charge is 0.435 e. The summed E-state index contributed by atoms with van der Waals surface area (Å²) in [4.78, 5) is 24.7. The molecule has 1 aromatic carbocycles. The number of halogens is 2. The minimum Gasteiger partial charge on any atom is -0.435 e. The predicted octanol–water partition coefficient (Wildman–Crippen LogP) is 1.62. The Bertz CT molecular complexity index is 699. The van der Waals surface area contributed by atoms with Crippen molar-refractivity contribution in [2.45, 2.75) is 19.1 Å². The zero-order chi connectivity index (χ0) is 18.6. The van der Waals surface area contributed by atoms with Crippen LogP contribution in [0.5, 0.6) is 5.75 Å². The van der Waals surface area contributed by atoms with Crippen LogP contribution in [-0.4, -0.2) is 35.2 Å². The molecule has 1 aromatic rings. The number of benzene rings is 1. The summed E-state index contributed by atoms with van der Waals surface area (Å²) in [5, 5.41) is 6.11. The number of urea groups is 1. The van der Waals surface area contributed by atoms with Crippen molar-refractivity contribution in [2.24, 2.45) is 0 Å². The molecule has 1 saturated heterocycles. The zero-order valence-electron chi connectivity index (χ0n) is 13.2. The topological polar surface area (TPSA) is 82.7 Å². The van der Waals surface area contributed by atoms with E-state index in [1.165, 1.54) is 31.2 Å². The summed E-state index contributed by atoms with van der Waals surface area (Å²) < 4.78 is 28.7. The molecule has 0 unspecified atom stereocenters. The lowest BCUT2D eigenvalue weighted by Gasteiger charge is -2.23. The molecule has 1 aliphatic rings. The molecule has 0 aromatic heterocycles. The summed E-state index contributed by atoms with van der Waals surface area (Å²) in [5.74, 6) is -0.647. The number of alkyl halides is 2. The fourth-order valence-electron chi connectivity index (χ4n) is 2.21. The monoisotopic (exact) mass is 370 g/mol. The number of rotatable bonds is 6. The van der Waals surface area contributed by atoms with E-state index >= 15 is 0 Å². The average Bonchev–Trinajstić information content (AvgIpc) is 2.77. The van der Waals surface area contributed by atoms with E-state index in [-0.39, 0.29) is 10.9 Å². The van der Waals surface area contributed by atoms with Gasteiger partial charge in [-0.3, -0.25) is 10.2 Å². The molecule has 0 spiro atoms. The van der Waals surface area contributed by atoms with Crippen molar-refractivity contribution in [3.8, 4) is 5.75 Å². The first-order valence-corrected chi connectivity index (χ1v) is 7.56. The number of carbonyl (C=O) groups excluding carboxylic acids is 2. The van der Waals surface area contributed by atoms with Gasteiger partial charge in [-0.05, 0) is 36.8 Å². The molecule has 1 aliphatic heterocycles. The van der Waals surface area contributed by atoms with E-state index in [0.29, 0.717) is 12.1 Å². The van der Waals surface area contributed by atoms with E-state index in [0.717, 1.165) is 5.01 Å². The highest BCUT2D eigenvalue weighted by Crippen LogP contribution is 2.29. The molecule has 0 radical (unpaired) electrons. The number of hydrogen-bond acceptors (Lipinski definition) is 4. The first-order valence-electron chi connectivity index (χ1n) is 7.15. The van der Waals surface area contributed by atoms with Gasteiger partial charge in [-0.15, -0.1) is 6.58 Å². The number of nitrogens with one attached hydrogen (secondary N) is 3. The molecular weight excluding hydrogens is 354 g/mol. The van der Waals surface area contributed by atoms with Crippen LogP contribution < -0.4 is 20.8 Å². The standard InChI is InChI=1S/C15H16F2N4O3S/c1-3-8-18-13(25)20-21-11(22)15(2,19-14(21)23)9-4-6-10(7-5-9)24-12(16)17/h3-7,12H,1,8H2,2H3,(H,19,23)(H2,18,20,25)/t15-/m0/s1. The van der Waals surface area contributed by atoms with Gasteiger partial charge in [0.05, 0.1) is 0 Å². The predicted molar refractivity (Wildman–Crippen MR) is 89.7 cm³/mol. The lowest BCUT2D eigenvalue weighted by Crippen LogP contribution is -2.51. The first-order chi connectivity index (χ1) is 11.8. The summed E-state index contributed by atoms with van der Waals surface area (Å²) in [7, 11) is 0. The van der Waals surface area contributed by atoms with Gasteiger partial charge in [-0.1, -0.05) is 18.2 Å². The smallest absolute Gasteiger partial charge is 0.387 e. The molecule has 25 heavy (non-hydrogen) atoms. The number of carbonyl (C=O) groups is 2. The van der Waals surface area contributed by atoms with Gasteiger partial charge in [-0.25, -0.2) is 4.79 Å². The summed E-state index contributed by atoms with van der Waals surface area (Å²) in [6.07, 6.45) is 1.56. The second-order valence-corrected chi connectivity index (χ2v) is 5.62. The lowest BCUT2D eigenvalue weighted by atomic mass is 9.92. The quantitative estimate of drug-likeness (QED) is 0.401. The molecule has 3 amide bonds. The number of imide groups is 1. The van der Waals surface area contributed by atoms with Crippen molar-refractivity contribution in [3.63, 3.8) is 0 Å². The minimum atomic E-state index is -2.95. The Kier molecular flexibility index (Phi) is 5.52. The van der Waals surface area contributed by atoms with Crippen LogP contribution in [0.3, 0.4) is 0 Å². The number of thiocarbonyl (C=S) groups is 1. The molecule has 10 heteroatoms. The Morgan fingerprint density at radius 1 is 1.44 bits per heavy atom. The van der Waals surface area contributed by atoms with Gasteiger partial charge in [0.2, 0.25) is 0 Å². The van der Waals surface area contributed by atoms with Crippen LogP contribution in [0.4, 0.5) is 13.6 Å². The minimum absolute atomic E-state index is 0.0519. The van der Waals surface area contributed by atoms with Crippen LogP contribution in [0.2, 0.25) is 0 Å². The van der Waals surface area contributed by atoms with Crippen molar-refractivity contribution < 1.29 is 23.1 Å². The zero-order valence-corrected chi connectivity index (χ0v) is 14.0. The number of hydrogen-bond donors (Lipinski definition) is 3. The van der Waals surface area contributed by atoms with Crippen LogP contribution in [0.15, 0.2) is 36.9 Å². The highest BCUT2D eigenvalue weighted by molar-refractivity contribution is 7.80. The average molecular weight is 370 g/mol. The molecule has 1 atom stereocenters. The van der Waals surface area contributed by atoms with Crippen LogP contribution >= 0.6 is 12.2 Å². The van der Waals surface area contributed by atoms with Gasteiger partial charge in [0.25, 0.3) is 5.91 Å². The third-order valence-corrected chi connectivity index (χ3v) is 3.70. The fourth-order valence-corrected chi connectivity index (χ4v) is 2.39. The molecule has 0 bridgehead atoms. The summed E-state index contributed by atoms with van der Waals surface area (Å²) >= 11 is 4.98. The maximum Gasteiger partial charge on any atom is 0.387 e. The van der Waals surface area contributed by atoms with E-state index < -0.39 is 24.1 Å². The first kappa shape index (κ1) is 18.6. The van der Waals surface area contributed by atoms with E-state index in [1.807, 2.05) is 0 Å². The maximum absolute atomic E-state index is 12.6. The van der Waals surface area contributed by atoms with E-state index in [4.69, 9.17) is 12.2 Å². The van der Waals surface area contributed by atoms with Crippen LogP contribution in [0.25, 0.3) is 0 Å². The third kappa shape index (κ3) is 4.02. The Balaban J connectivity index is 2.15. The highest BCUT2D eigenvalue weighted by atomic mass is 32.1. The van der Waals surface area contributed by atoms with Crippen LogP contribution in [0.1, 0.15) is 12.5 Å². The highest BCUT2D eigenvalue weighted by Gasteiger charge is 2.49. The number of hydrazine groups is 1. The second kappa shape index (κ2) is 7.43. The molecule has 134 valence electrons. The van der Waals surface area contributed by atoms with Crippen LogP contribution in [0, 0.1) is 0 Å².